The first kappa shape index (κ1) is 32.2. The molecular formula is C34H47N3O6. The van der Waals surface area contributed by atoms with E-state index in [0.717, 1.165) is 61.2 Å². The minimum atomic E-state index is -0.684. The molecule has 2 aliphatic rings. The normalized spacial score (nSPS) is 16.6. The first-order chi connectivity index (χ1) is 20.5. The molecular weight excluding hydrogens is 546 g/mol. The second-order valence-corrected chi connectivity index (χ2v) is 12.8. The molecule has 2 aromatic carbocycles. The lowest BCUT2D eigenvalue weighted by Gasteiger charge is -2.31. The molecule has 2 fully saturated rings. The van der Waals surface area contributed by atoms with Gasteiger partial charge >= 0.3 is 12.2 Å². The number of likely N-dealkylation sites (tertiary alicyclic amines) is 2. The summed E-state index contributed by atoms with van der Waals surface area (Å²) >= 11 is 0. The van der Waals surface area contributed by atoms with E-state index in [1.54, 1.807) is 25.7 Å². The molecule has 0 radical (unpaired) electrons. The zero-order chi connectivity index (χ0) is 31.0. The molecule has 2 heterocycles. The molecule has 2 saturated heterocycles. The van der Waals surface area contributed by atoms with Crippen LogP contribution in [0.4, 0.5) is 9.59 Å². The second-order valence-electron chi connectivity index (χ2n) is 12.8. The van der Waals surface area contributed by atoms with Crippen molar-refractivity contribution in [3.8, 4) is 16.9 Å². The fourth-order valence-corrected chi connectivity index (χ4v) is 5.39. The van der Waals surface area contributed by atoms with Crippen LogP contribution in [-0.2, 0) is 20.7 Å². The highest BCUT2D eigenvalue weighted by Crippen LogP contribution is 2.25. The smallest absolute Gasteiger partial charge is 0.410 e. The standard InChI is InChI=1S/C34H47N3O6/c1-24(2)42-33(40)37-20-16-26(17-21-37)23-41-29-14-12-28(13-15-29)27-10-8-25(9-11-27)22-30(31(38)36-18-6-7-19-36)35-32(39)43-34(3,4)5/h8-15,24,26,30H,6-7,16-23H2,1-5H3,(H,35,39). The lowest BCUT2D eigenvalue weighted by Crippen LogP contribution is -2.50. The molecule has 4 rings (SSSR count). The lowest BCUT2D eigenvalue weighted by atomic mass is 9.98. The van der Waals surface area contributed by atoms with Gasteiger partial charge in [0.2, 0.25) is 5.91 Å². The third-order valence-corrected chi connectivity index (χ3v) is 7.68. The Kier molecular flexibility index (Phi) is 10.9. The predicted octanol–water partition coefficient (Wildman–Crippen LogP) is 6.05. The van der Waals surface area contributed by atoms with E-state index in [9.17, 15) is 14.4 Å². The van der Waals surface area contributed by atoms with Crippen LogP contribution in [0, 0.1) is 5.92 Å². The van der Waals surface area contributed by atoms with E-state index in [4.69, 9.17) is 14.2 Å². The topological polar surface area (TPSA) is 97.4 Å². The van der Waals surface area contributed by atoms with Gasteiger partial charge in [0.15, 0.2) is 0 Å². The molecule has 234 valence electrons. The molecule has 9 heteroatoms. The Labute approximate surface area is 255 Å². The number of carbonyl (C=O) groups excluding carboxylic acids is 3. The Morgan fingerprint density at radius 2 is 1.44 bits per heavy atom. The van der Waals surface area contributed by atoms with Gasteiger partial charge in [-0.15, -0.1) is 0 Å². The van der Waals surface area contributed by atoms with Crippen molar-refractivity contribution in [1.29, 1.82) is 0 Å². The van der Waals surface area contributed by atoms with Crippen LogP contribution in [0.3, 0.4) is 0 Å². The Balaban J connectivity index is 1.30. The van der Waals surface area contributed by atoms with E-state index in [-0.39, 0.29) is 18.1 Å². The number of nitrogens with one attached hydrogen (secondary N) is 1. The fourth-order valence-electron chi connectivity index (χ4n) is 5.39. The molecule has 0 aliphatic carbocycles. The van der Waals surface area contributed by atoms with Crippen molar-refractivity contribution in [3.05, 3.63) is 54.1 Å². The van der Waals surface area contributed by atoms with Crippen LogP contribution in [0.1, 0.15) is 65.9 Å². The summed E-state index contributed by atoms with van der Waals surface area (Å²) in [5, 5.41) is 2.81. The van der Waals surface area contributed by atoms with Crippen molar-refractivity contribution in [3.63, 3.8) is 0 Å². The summed E-state index contributed by atoms with van der Waals surface area (Å²) in [5.41, 5.74) is 2.43. The highest BCUT2D eigenvalue weighted by Gasteiger charge is 2.30. The van der Waals surface area contributed by atoms with E-state index in [2.05, 4.69) is 5.32 Å². The number of nitrogens with zero attached hydrogens (tertiary/aromatic N) is 2. The molecule has 0 aromatic heterocycles. The van der Waals surface area contributed by atoms with Crippen LogP contribution in [0.2, 0.25) is 0 Å². The Morgan fingerprint density at radius 1 is 0.860 bits per heavy atom. The van der Waals surface area contributed by atoms with Gasteiger partial charge in [-0.2, -0.15) is 0 Å². The Morgan fingerprint density at radius 3 is 2.00 bits per heavy atom. The van der Waals surface area contributed by atoms with E-state index in [1.165, 1.54) is 0 Å². The molecule has 0 spiro atoms. The number of carbonyl (C=O) groups is 3. The number of ether oxygens (including phenoxy) is 3. The predicted molar refractivity (Wildman–Crippen MR) is 166 cm³/mol. The van der Waals surface area contributed by atoms with Crippen LogP contribution < -0.4 is 10.1 Å². The van der Waals surface area contributed by atoms with Gasteiger partial charge < -0.3 is 29.3 Å². The van der Waals surface area contributed by atoms with Gasteiger partial charge in [0, 0.05) is 32.6 Å². The monoisotopic (exact) mass is 593 g/mol. The number of benzene rings is 2. The van der Waals surface area contributed by atoms with Crippen molar-refractivity contribution in [1.82, 2.24) is 15.1 Å². The first-order valence-corrected chi connectivity index (χ1v) is 15.5. The number of hydrogen-bond donors (Lipinski definition) is 1. The van der Waals surface area contributed by atoms with Crippen molar-refractivity contribution >= 4 is 18.1 Å². The second kappa shape index (κ2) is 14.6. The molecule has 1 unspecified atom stereocenters. The molecule has 1 atom stereocenters. The number of piperidine rings is 1. The summed E-state index contributed by atoms with van der Waals surface area (Å²) < 4.78 is 16.8. The zero-order valence-electron chi connectivity index (χ0n) is 26.3. The number of rotatable bonds is 9. The van der Waals surface area contributed by atoms with E-state index >= 15 is 0 Å². The van der Waals surface area contributed by atoms with Crippen LogP contribution in [0.5, 0.6) is 5.75 Å². The fraction of sp³-hybridized carbons (Fsp3) is 0.559. The zero-order valence-corrected chi connectivity index (χ0v) is 26.3. The molecule has 1 N–H and O–H groups in total. The van der Waals surface area contributed by atoms with E-state index in [1.807, 2.05) is 67.3 Å². The molecule has 0 bridgehead atoms. The highest BCUT2D eigenvalue weighted by atomic mass is 16.6. The maximum absolute atomic E-state index is 13.2. The summed E-state index contributed by atoms with van der Waals surface area (Å²) in [6.45, 7) is 12.6. The summed E-state index contributed by atoms with van der Waals surface area (Å²) in [5.74, 6) is 1.15. The van der Waals surface area contributed by atoms with Crippen molar-refractivity contribution in [2.45, 2.75) is 84.5 Å². The van der Waals surface area contributed by atoms with Gasteiger partial charge in [-0.25, -0.2) is 9.59 Å². The highest BCUT2D eigenvalue weighted by molar-refractivity contribution is 5.86. The average Bonchev–Trinajstić information content (AvgIpc) is 3.50. The Hall–Kier alpha value is -3.75. The lowest BCUT2D eigenvalue weighted by molar-refractivity contribution is -0.132. The molecule has 9 nitrogen and oxygen atoms in total. The van der Waals surface area contributed by atoms with Crippen molar-refractivity contribution < 1.29 is 28.6 Å². The van der Waals surface area contributed by atoms with Crippen LogP contribution in [-0.4, -0.2) is 78.4 Å². The third kappa shape index (κ3) is 9.90. The Bertz CT molecular complexity index is 1210. The maximum atomic E-state index is 13.2. The minimum Gasteiger partial charge on any atom is -0.493 e. The summed E-state index contributed by atoms with van der Waals surface area (Å²) in [4.78, 5) is 41.4. The molecule has 3 amide bonds. The maximum Gasteiger partial charge on any atom is 0.410 e. The van der Waals surface area contributed by atoms with Crippen LogP contribution in [0.15, 0.2) is 48.5 Å². The number of alkyl carbamates (subject to hydrolysis) is 1. The van der Waals surface area contributed by atoms with Crippen LogP contribution >= 0.6 is 0 Å². The average molecular weight is 594 g/mol. The van der Waals surface area contributed by atoms with Crippen molar-refractivity contribution in [2.24, 2.45) is 5.92 Å². The number of hydrogen-bond acceptors (Lipinski definition) is 6. The number of amides is 3. The quantitative estimate of drug-likeness (QED) is 0.380. The molecule has 43 heavy (non-hydrogen) atoms. The van der Waals surface area contributed by atoms with Gasteiger partial charge in [0.1, 0.15) is 17.4 Å². The van der Waals surface area contributed by atoms with E-state index in [0.29, 0.717) is 32.0 Å². The SMILES string of the molecule is CC(C)OC(=O)N1CCC(COc2ccc(-c3ccc(CC(NC(=O)OC(C)(C)C)C(=O)N4CCCC4)cc3)cc2)CC1. The molecule has 2 aromatic rings. The largest absolute Gasteiger partial charge is 0.493 e. The summed E-state index contributed by atoms with van der Waals surface area (Å²) in [7, 11) is 0. The van der Waals surface area contributed by atoms with Gasteiger partial charge in [0.25, 0.3) is 0 Å². The minimum absolute atomic E-state index is 0.0674. The van der Waals surface area contributed by atoms with Gasteiger partial charge in [0.05, 0.1) is 12.7 Å². The van der Waals surface area contributed by atoms with Crippen molar-refractivity contribution in [2.75, 3.05) is 32.8 Å². The van der Waals surface area contributed by atoms with E-state index < -0.39 is 17.7 Å². The first-order valence-electron chi connectivity index (χ1n) is 15.5. The van der Waals surface area contributed by atoms with Gasteiger partial charge in [-0.3, -0.25) is 4.79 Å². The molecule has 2 aliphatic heterocycles. The summed E-state index contributed by atoms with van der Waals surface area (Å²) in [6.07, 6.45) is 3.24. The summed E-state index contributed by atoms with van der Waals surface area (Å²) in [6, 6.07) is 15.4. The third-order valence-electron chi connectivity index (χ3n) is 7.68. The van der Waals surface area contributed by atoms with Gasteiger partial charge in [-0.1, -0.05) is 36.4 Å². The molecule has 0 saturated carbocycles. The van der Waals surface area contributed by atoms with Gasteiger partial charge in [-0.05, 0) is 95.0 Å². The van der Waals surface area contributed by atoms with Crippen LogP contribution in [0.25, 0.3) is 11.1 Å².